The molecular weight excluding hydrogens is 320 g/mol. The minimum Gasteiger partial charge on any atom is -0.462 e. The molecule has 3 aromatic heterocycles. The highest BCUT2D eigenvalue weighted by Gasteiger charge is 2.17. The summed E-state index contributed by atoms with van der Waals surface area (Å²) >= 11 is 0. The minimum absolute atomic E-state index is 0.203. The Morgan fingerprint density at radius 1 is 1.16 bits per heavy atom. The molecule has 0 saturated heterocycles. The van der Waals surface area contributed by atoms with Crippen LogP contribution in [0.1, 0.15) is 17.3 Å². The number of benzene rings is 1. The first-order chi connectivity index (χ1) is 12.2. The first kappa shape index (κ1) is 15.1. The Balaban J connectivity index is 1.94. The zero-order valence-corrected chi connectivity index (χ0v) is 13.4. The SMILES string of the molecule is CCOC(=O)c1cnn2c1ncc1c(=O)n(-c3ccccc3)ccc12. The highest BCUT2D eigenvalue weighted by atomic mass is 16.5. The summed E-state index contributed by atoms with van der Waals surface area (Å²) in [5.41, 5.74) is 1.78. The Bertz CT molecular complexity index is 1150. The molecule has 4 rings (SSSR count). The van der Waals surface area contributed by atoms with Crippen molar-refractivity contribution in [2.24, 2.45) is 0 Å². The van der Waals surface area contributed by atoms with Crippen LogP contribution in [0.5, 0.6) is 0 Å². The van der Waals surface area contributed by atoms with E-state index in [4.69, 9.17) is 4.74 Å². The number of carbonyl (C=O) groups excluding carboxylic acids is 1. The monoisotopic (exact) mass is 334 g/mol. The summed E-state index contributed by atoms with van der Waals surface area (Å²) in [6.07, 6.45) is 4.56. The van der Waals surface area contributed by atoms with Gasteiger partial charge in [0.1, 0.15) is 5.56 Å². The molecule has 0 saturated carbocycles. The van der Waals surface area contributed by atoms with Crippen LogP contribution >= 0.6 is 0 Å². The number of pyridine rings is 1. The van der Waals surface area contributed by atoms with E-state index in [-0.39, 0.29) is 17.7 Å². The number of carbonyl (C=O) groups is 1. The van der Waals surface area contributed by atoms with Crippen LogP contribution in [-0.4, -0.2) is 31.7 Å². The van der Waals surface area contributed by atoms with Gasteiger partial charge >= 0.3 is 5.97 Å². The van der Waals surface area contributed by atoms with Crippen LogP contribution in [0.25, 0.3) is 22.2 Å². The van der Waals surface area contributed by atoms with E-state index >= 15 is 0 Å². The zero-order valence-electron chi connectivity index (χ0n) is 13.4. The zero-order chi connectivity index (χ0) is 17.4. The maximum atomic E-state index is 12.8. The summed E-state index contributed by atoms with van der Waals surface area (Å²) in [5, 5.41) is 4.61. The Kier molecular flexibility index (Phi) is 3.53. The van der Waals surface area contributed by atoms with Gasteiger partial charge in [-0.05, 0) is 25.1 Å². The molecule has 0 atom stereocenters. The normalized spacial score (nSPS) is 11.1. The van der Waals surface area contributed by atoms with Gasteiger partial charge in [0.25, 0.3) is 5.56 Å². The van der Waals surface area contributed by atoms with Crippen molar-refractivity contribution in [1.29, 1.82) is 0 Å². The number of para-hydroxylation sites is 1. The number of esters is 1. The fraction of sp³-hybridized carbons (Fsp3) is 0.111. The number of fused-ring (bicyclic) bond motifs is 3. The molecule has 25 heavy (non-hydrogen) atoms. The van der Waals surface area contributed by atoms with Crippen molar-refractivity contribution in [3.05, 3.63) is 70.9 Å². The molecule has 0 N–H and O–H groups in total. The predicted octanol–water partition coefficient (Wildman–Crippen LogP) is 2.21. The second-order valence-electron chi connectivity index (χ2n) is 5.40. The molecular formula is C18H14N4O3. The van der Waals surface area contributed by atoms with Crippen LogP contribution in [0.4, 0.5) is 0 Å². The van der Waals surface area contributed by atoms with Crippen LogP contribution in [0.2, 0.25) is 0 Å². The molecule has 7 heteroatoms. The minimum atomic E-state index is -0.484. The fourth-order valence-electron chi connectivity index (χ4n) is 2.76. The van der Waals surface area contributed by atoms with Gasteiger partial charge in [0.05, 0.1) is 23.7 Å². The van der Waals surface area contributed by atoms with Crippen molar-refractivity contribution in [3.63, 3.8) is 0 Å². The van der Waals surface area contributed by atoms with E-state index in [0.717, 1.165) is 5.69 Å². The number of hydrogen-bond acceptors (Lipinski definition) is 5. The third kappa shape index (κ3) is 2.37. The van der Waals surface area contributed by atoms with E-state index in [0.29, 0.717) is 16.6 Å². The van der Waals surface area contributed by atoms with Crippen LogP contribution in [-0.2, 0) is 4.74 Å². The molecule has 7 nitrogen and oxygen atoms in total. The summed E-state index contributed by atoms with van der Waals surface area (Å²) in [4.78, 5) is 29.0. The third-order valence-electron chi connectivity index (χ3n) is 3.92. The van der Waals surface area contributed by atoms with E-state index in [9.17, 15) is 9.59 Å². The first-order valence-electron chi connectivity index (χ1n) is 7.81. The summed E-state index contributed by atoms with van der Waals surface area (Å²) in [5.74, 6) is -0.484. The van der Waals surface area contributed by atoms with E-state index in [1.165, 1.54) is 16.9 Å². The summed E-state index contributed by atoms with van der Waals surface area (Å²) in [6, 6.07) is 11.1. The van der Waals surface area contributed by atoms with Crippen molar-refractivity contribution < 1.29 is 9.53 Å². The molecule has 124 valence electrons. The highest BCUT2D eigenvalue weighted by Crippen LogP contribution is 2.16. The van der Waals surface area contributed by atoms with E-state index < -0.39 is 5.97 Å². The fourth-order valence-corrected chi connectivity index (χ4v) is 2.76. The molecule has 0 aliphatic heterocycles. The molecule has 1 aromatic carbocycles. The molecule has 0 radical (unpaired) electrons. The van der Waals surface area contributed by atoms with Crippen molar-refractivity contribution in [2.75, 3.05) is 6.61 Å². The van der Waals surface area contributed by atoms with E-state index in [2.05, 4.69) is 10.1 Å². The summed E-state index contributed by atoms with van der Waals surface area (Å²) in [7, 11) is 0. The lowest BCUT2D eigenvalue weighted by Crippen LogP contribution is -2.18. The molecule has 0 aliphatic carbocycles. The standard InChI is InChI=1S/C18H14N4O3/c1-2-25-18(24)14-11-20-22-15-8-9-21(12-6-4-3-5-7-12)17(23)13(15)10-19-16(14)22/h3-11H,2H2,1H3. The summed E-state index contributed by atoms with van der Waals surface area (Å²) in [6.45, 7) is 2.00. The molecule has 0 unspecified atom stereocenters. The van der Waals surface area contributed by atoms with Gasteiger partial charge in [0.2, 0.25) is 0 Å². The second kappa shape index (κ2) is 5.86. The van der Waals surface area contributed by atoms with Gasteiger partial charge in [-0.25, -0.2) is 14.3 Å². The third-order valence-corrected chi connectivity index (χ3v) is 3.92. The Hall–Kier alpha value is -3.48. The van der Waals surface area contributed by atoms with Crippen molar-refractivity contribution in [3.8, 4) is 5.69 Å². The van der Waals surface area contributed by atoms with Gasteiger partial charge in [-0.15, -0.1) is 0 Å². The predicted molar refractivity (Wildman–Crippen MR) is 92.0 cm³/mol. The summed E-state index contributed by atoms with van der Waals surface area (Å²) < 4.78 is 8.04. The van der Waals surface area contributed by atoms with Crippen molar-refractivity contribution >= 4 is 22.5 Å². The topological polar surface area (TPSA) is 78.5 Å². The van der Waals surface area contributed by atoms with Gasteiger partial charge < -0.3 is 4.74 Å². The maximum absolute atomic E-state index is 12.8. The van der Waals surface area contributed by atoms with Crippen molar-refractivity contribution in [2.45, 2.75) is 6.92 Å². The van der Waals surface area contributed by atoms with Crippen molar-refractivity contribution in [1.82, 2.24) is 19.2 Å². The molecule has 3 heterocycles. The number of hydrogen-bond donors (Lipinski definition) is 0. The van der Waals surface area contributed by atoms with Crippen LogP contribution in [0.3, 0.4) is 0 Å². The molecule has 0 spiro atoms. The molecule has 0 amide bonds. The van der Waals surface area contributed by atoms with Gasteiger partial charge in [-0.3, -0.25) is 9.36 Å². The maximum Gasteiger partial charge on any atom is 0.343 e. The second-order valence-corrected chi connectivity index (χ2v) is 5.40. The van der Waals surface area contributed by atoms with Gasteiger partial charge in [0, 0.05) is 18.1 Å². The lowest BCUT2D eigenvalue weighted by molar-refractivity contribution is 0.0528. The Morgan fingerprint density at radius 3 is 2.72 bits per heavy atom. The number of rotatable bonds is 3. The number of ether oxygens (including phenoxy) is 1. The first-order valence-corrected chi connectivity index (χ1v) is 7.81. The molecule has 0 bridgehead atoms. The van der Waals surface area contributed by atoms with Crippen LogP contribution < -0.4 is 5.56 Å². The average Bonchev–Trinajstić information content (AvgIpc) is 3.07. The van der Waals surface area contributed by atoms with Crippen LogP contribution in [0.15, 0.2) is 59.8 Å². The van der Waals surface area contributed by atoms with Crippen LogP contribution in [0, 0.1) is 0 Å². The molecule has 4 aromatic rings. The van der Waals surface area contributed by atoms with E-state index in [1.54, 1.807) is 23.8 Å². The lowest BCUT2D eigenvalue weighted by atomic mass is 10.2. The average molecular weight is 334 g/mol. The molecule has 0 fully saturated rings. The molecule has 0 aliphatic rings. The number of nitrogens with zero attached hydrogens (tertiary/aromatic N) is 4. The Morgan fingerprint density at radius 2 is 1.96 bits per heavy atom. The number of aromatic nitrogens is 4. The lowest BCUT2D eigenvalue weighted by Gasteiger charge is -2.08. The highest BCUT2D eigenvalue weighted by molar-refractivity contribution is 5.96. The van der Waals surface area contributed by atoms with Gasteiger partial charge in [0.15, 0.2) is 5.65 Å². The quantitative estimate of drug-likeness (QED) is 0.537. The van der Waals surface area contributed by atoms with E-state index in [1.807, 2.05) is 30.3 Å². The van der Waals surface area contributed by atoms with Gasteiger partial charge in [-0.2, -0.15) is 5.10 Å². The largest absolute Gasteiger partial charge is 0.462 e. The van der Waals surface area contributed by atoms with Gasteiger partial charge in [-0.1, -0.05) is 18.2 Å². The Labute approximate surface area is 142 Å². The smallest absolute Gasteiger partial charge is 0.343 e.